The number of esters is 1. The largest absolute Gasteiger partial charge is 0.461 e. The second-order valence-corrected chi connectivity index (χ2v) is 7.29. The van der Waals surface area contributed by atoms with Crippen molar-refractivity contribution in [2.45, 2.75) is 20.8 Å². The van der Waals surface area contributed by atoms with Gasteiger partial charge in [0.25, 0.3) is 0 Å². The smallest absolute Gasteiger partial charge is 0.357 e. The zero-order valence-electron chi connectivity index (χ0n) is 17.3. The fourth-order valence-electron chi connectivity index (χ4n) is 3.37. The lowest BCUT2D eigenvalue weighted by molar-refractivity contribution is -0.117. The fraction of sp³-hybridized carbons (Fsp3) is 0.409. The van der Waals surface area contributed by atoms with Gasteiger partial charge in [-0.3, -0.25) is 5.41 Å². The summed E-state index contributed by atoms with van der Waals surface area (Å²) >= 11 is 0. The van der Waals surface area contributed by atoms with Gasteiger partial charge >= 0.3 is 5.97 Å². The van der Waals surface area contributed by atoms with Gasteiger partial charge in [0, 0.05) is 30.3 Å². The van der Waals surface area contributed by atoms with Gasteiger partial charge in [0.1, 0.15) is 5.82 Å². The molecule has 29 heavy (non-hydrogen) atoms. The van der Waals surface area contributed by atoms with Crippen LogP contribution in [-0.4, -0.2) is 49.6 Å². The fourth-order valence-corrected chi connectivity index (χ4v) is 3.37. The van der Waals surface area contributed by atoms with E-state index in [9.17, 15) is 4.79 Å². The number of rotatable bonds is 6. The maximum atomic E-state index is 12.3. The molecular weight excluding hydrogens is 368 g/mol. The average molecular weight is 397 g/mol. The number of pyridine rings is 1. The van der Waals surface area contributed by atoms with Gasteiger partial charge in [-0.15, -0.1) is 0 Å². The molecule has 154 valence electrons. The van der Waals surface area contributed by atoms with Crippen LogP contribution in [0.2, 0.25) is 0 Å². The summed E-state index contributed by atoms with van der Waals surface area (Å²) in [4.78, 5) is 18.8. The first-order valence-corrected chi connectivity index (χ1v) is 9.95. The highest BCUT2D eigenvalue weighted by molar-refractivity contribution is 6.08. The zero-order valence-corrected chi connectivity index (χ0v) is 17.3. The Kier molecular flexibility index (Phi) is 6.49. The van der Waals surface area contributed by atoms with Gasteiger partial charge in [-0.2, -0.15) is 0 Å². The minimum absolute atomic E-state index is 0.0823. The van der Waals surface area contributed by atoms with Gasteiger partial charge in [-0.05, 0) is 30.7 Å². The van der Waals surface area contributed by atoms with Crippen LogP contribution >= 0.6 is 0 Å². The molecule has 7 heteroatoms. The van der Waals surface area contributed by atoms with Crippen molar-refractivity contribution in [3.05, 3.63) is 41.6 Å². The summed E-state index contributed by atoms with van der Waals surface area (Å²) in [6.07, 6.45) is 0. The number of hydrogen-bond donors (Lipinski definition) is 2. The van der Waals surface area contributed by atoms with Crippen molar-refractivity contribution in [2.24, 2.45) is 5.92 Å². The van der Waals surface area contributed by atoms with E-state index in [1.807, 2.05) is 26.0 Å². The quantitative estimate of drug-likeness (QED) is 0.566. The molecule has 0 unspecified atom stereocenters. The third-order valence-electron chi connectivity index (χ3n) is 5.00. The highest BCUT2D eigenvalue weighted by atomic mass is 16.5. The Morgan fingerprint density at radius 3 is 2.52 bits per heavy atom. The van der Waals surface area contributed by atoms with Crippen molar-refractivity contribution in [3.63, 3.8) is 0 Å². The molecule has 0 radical (unpaired) electrons. The first-order valence-electron chi connectivity index (χ1n) is 9.95. The van der Waals surface area contributed by atoms with Crippen LogP contribution in [0.3, 0.4) is 0 Å². The molecule has 1 aliphatic heterocycles. The molecule has 0 amide bonds. The van der Waals surface area contributed by atoms with Gasteiger partial charge in [0.2, 0.25) is 0 Å². The maximum Gasteiger partial charge on any atom is 0.357 e. The van der Waals surface area contributed by atoms with Crippen LogP contribution in [0.15, 0.2) is 30.3 Å². The first-order chi connectivity index (χ1) is 13.9. The molecule has 1 fully saturated rings. The SMILES string of the molecule is CCOC(=O)c1cc(-c2ccc(N3CCOCC3)cc2)c(C(=[NH2+])C(C)C)c(N)n1. The summed E-state index contributed by atoms with van der Waals surface area (Å²) in [7, 11) is 0. The molecule has 0 spiro atoms. The van der Waals surface area contributed by atoms with E-state index in [-0.39, 0.29) is 24.0 Å². The summed E-state index contributed by atoms with van der Waals surface area (Å²) < 4.78 is 10.5. The van der Waals surface area contributed by atoms with Crippen molar-refractivity contribution < 1.29 is 19.7 Å². The number of anilines is 2. The van der Waals surface area contributed by atoms with Crippen LogP contribution in [0, 0.1) is 5.92 Å². The van der Waals surface area contributed by atoms with Crippen molar-refractivity contribution >= 4 is 23.2 Å². The second kappa shape index (κ2) is 9.05. The van der Waals surface area contributed by atoms with Crippen molar-refractivity contribution in [1.29, 1.82) is 0 Å². The number of nitrogens with zero attached hydrogens (tertiary/aromatic N) is 2. The summed E-state index contributed by atoms with van der Waals surface area (Å²) in [5.41, 5.74) is 10.6. The Balaban J connectivity index is 2.05. The lowest BCUT2D eigenvalue weighted by Crippen LogP contribution is -2.44. The monoisotopic (exact) mass is 397 g/mol. The van der Waals surface area contributed by atoms with E-state index in [0.717, 1.165) is 43.1 Å². The van der Waals surface area contributed by atoms with Gasteiger partial charge in [0.05, 0.1) is 25.4 Å². The third kappa shape index (κ3) is 4.56. The van der Waals surface area contributed by atoms with E-state index in [1.165, 1.54) is 0 Å². The molecule has 0 bridgehead atoms. The van der Waals surface area contributed by atoms with Gasteiger partial charge in [-0.25, -0.2) is 9.78 Å². The predicted molar refractivity (Wildman–Crippen MR) is 114 cm³/mol. The highest BCUT2D eigenvalue weighted by Crippen LogP contribution is 2.31. The van der Waals surface area contributed by atoms with Gasteiger partial charge < -0.3 is 20.1 Å². The van der Waals surface area contributed by atoms with Crippen LogP contribution in [0.25, 0.3) is 11.1 Å². The highest BCUT2D eigenvalue weighted by Gasteiger charge is 2.24. The second-order valence-electron chi connectivity index (χ2n) is 7.29. The molecule has 0 atom stereocenters. The number of carbonyl (C=O) groups excluding carboxylic acids is 1. The van der Waals surface area contributed by atoms with E-state index < -0.39 is 5.97 Å². The van der Waals surface area contributed by atoms with Crippen molar-refractivity contribution in [2.75, 3.05) is 43.5 Å². The van der Waals surface area contributed by atoms with E-state index in [2.05, 4.69) is 22.0 Å². The molecule has 0 saturated carbocycles. The third-order valence-corrected chi connectivity index (χ3v) is 5.00. The Morgan fingerprint density at radius 2 is 1.93 bits per heavy atom. The number of nitrogen functional groups attached to an aromatic ring is 1. The number of morpholine rings is 1. The number of aromatic nitrogens is 1. The van der Waals surface area contributed by atoms with E-state index >= 15 is 0 Å². The molecule has 1 saturated heterocycles. The Morgan fingerprint density at radius 1 is 1.28 bits per heavy atom. The minimum Gasteiger partial charge on any atom is -0.461 e. The minimum atomic E-state index is -0.500. The van der Waals surface area contributed by atoms with Crippen LogP contribution in [0.4, 0.5) is 11.5 Å². The standard InChI is InChI=1S/C22H28N4O3/c1-4-29-22(27)18-13-17(19(21(24)25-18)20(23)14(2)3)15-5-7-16(8-6-15)26-9-11-28-12-10-26/h5-8,13-14,23H,4,9-12H2,1-3H3,(H2,24,25)/p+1. The molecule has 1 aliphatic rings. The topological polar surface area (TPSA) is 103 Å². The van der Waals surface area contributed by atoms with Crippen LogP contribution in [0.5, 0.6) is 0 Å². The number of hydrogen-bond acceptors (Lipinski definition) is 6. The molecule has 1 aromatic heterocycles. The predicted octanol–water partition coefficient (Wildman–Crippen LogP) is 1.55. The summed E-state index contributed by atoms with van der Waals surface area (Å²) in [6.45, 7) is 9.23. The van der Waals surface area contributed by atoms with E-state index in [0.29, 0.717) is 11.3 Å². The molecule has 2 heterocycles. The summed E-state index contributed by atoms with van der Waals surface area (Å²) in [5, 5.41) is 6.37. The van der Waals surface area contributed by atoms with E-state index in [4.69, 9.17) is 20.6 Å². The molecule has 3 rings (SSSR count). The molecule has 0 aliphatic carbocycles. The van der Waals surface area contributed by atoms with Crippen LogP contribution in [-0.2, 0) is 9.47 Å². The molecule has 7 nitrogen and oxygen atoms in total. The first kappa shape index (κ1) is 20.8. The Bertz CT molecular complexity index is 888. The number of carbonyl (C=O) groups is 1. The zero-order chi connectivity index (χ0) is 21.0. The van der Waals surface area contributed by atoms with E-state index in [1.54, 1.807) is 13.0 Å². The Labute approximate surface area is 171 Å². The van der Waals surface area contributed by atoms with Crippen molar-refractivity contribution in [1.82, 2.24) is 4.98 Å². The Hall–Kier alpha value is -2.93. The lowest BCUT2D eigenvalue weighted by atomic mass is 9.91. The average Bonchev–Trinajstić information content (AvgIpc) is 2.73. The molecule has 1 aromatic carbocycles. The summed E-state index contributed by atoms with van der Waals surface area (Å²) in [5.74, 6) is -0.187. The number of benzene rings is 1. The molecule has 2 aromatic rings. The van der Waals surface area contributed by atoms with Crippen LogP contribution < -0.4 is 16.0 Å². The number of nitrogens with two attached hydrogens (primary N) is 2. The normalized spacial score (nSPS) is 14.1. The molecular formula is C22H29N4O3+. The van der Waals surface area contributed by atoms with Crippen LogP contribution in [0.1, 0.15) is 36.8 Å². The summed E-state index contributed by atoms with van der Waals surface area (Å²) in [6, 6.07) is 9.88. The van der Waals surface area contributed by atoms with Gasteiger partial charge in [-0.1, -0.05) is 26.0 Å². The maximum absolute atomic E-state index is 12.3. The lowest BCUT2D eigenvalue weighted by Gasteiger charge is -2.29. The molecule has 4 N–H and O–H groups in total. The number of ether oxygens (including phenoxy) is 2. The van der Waals surface area contributed by atoms with Crippen molar-refractivity contribution in [3.8, 4) is 11.1 Å². The van der Waals surface area contributed by atoms with Gasteiger partial charge in [0.15, 0.2) is 11.4 Å².